The van der Waals surface area contributed by atoms with Gasteiger partial charge in [-0.2, -0.15) is 0 Å². The third-order valence-electron chi connectivity index (χ3n) is 3.80. The molecule has 2 aromatic rings. The summed E-state index contributed by atoms with van der Waals surface area (Å²) in [5.74, 6) is -0.314. The Hall–Kier alpha value is -2.70. The van der Waals surface area contributed by atoms with Crippen LogP contribution in [0.25, 0.3) is 0 Å². The zero-order valence-electron chi connectivity index (χ0n) is 14.0. The van der Waals surface area contributed by atoms with E-state index >= 15 is 0 Å². The SMILES string of the molecule is COC(=O)C1=C(P(c2ccccc2)c2ccccc2)/C=C/C=C\C=C1. The van der Waals surface area contributed by atoms with E-state index in [0.717, 1.165) is 5.31 Å². The fourth-order valence-electron chi connectivity index (χ4n) is 2.66. The maximum atomic E-state index is 12.4. The minimum absolute atomic E-state index is 0.314. The van der Waals surface area contributed by atoms with E-state index < -0.39 is 7.92 Å². The second kappa shape index (κ2) is 8.41. The van der Waals surface area contributed by atoms with E-state index in [9.17, 15) is 4.79 Å². The molecule has 0 aromatic heterocycles. The molecule has 0 N–H and O–H groups in total. The normalized spacial score (nSPS) is 16.2. The highest BCUT2D eigenvalue weighted by Crippen LogP contribution is 2.46. The molecule has 0 amide bonds. The molecule has 0 fully saturated rings. The number of carbonyl (C=O) groups excluding carboxylic acids is 1. The molecule has 0 bridgehead atoms. The van der Waals surface area contributed by atoms with Gasteiger partial charge in [0.1, 0.15) is 0 Å². The lowest BCUT2D eigenvalue weighted by atomic mass is 10.2. The quantitative estimate of drug-likeness (QED) is 0.612. The highest BCUT2D eigenvalue weighted by atomic mass is 31.1. The van der Waals surface area contributed by atoms with E-state index in [4.69, 9.17) is 4.74 Å². The van der Waals surface area contributed by atoms with Crippen LogP contribution < -0.4 is 10.6 Å². The van der Waals surface area contributed by atoms with Crippen molar-refractivity contribution in [2.75, 3.05) is 7.11 Å². The Balaban J connectivity index is 2.24. The second-order valence-corrected chi connectivity index (χ2v) is 7.59. The van der Waals surface area contributed by atoms with Crippen molar-refractivity contribution in [3.8, 4) is 0 Å². The van der Waals surface area contributed by atoms with Gasteiger partial charge in [-0.1, -0.05) is 91.0 Å². The molecule has 0 spiro atoms. The molecule has 0 aliphatic heterocycles. The Morgan fingerprint density at radius 1 is 0.760 bits per heavy atom. The largest absolute Gasteiger partial charge is 0.465 e. The van der Waals surface area contributed by atoms with Crippen LogP contribution in [0.4, 0.5) is 0 Å². The highest BCUT2D eigenvalue weighted by Gasteiger charge is 2.23. The summed E-state index contributed by atoms with van der Waals surface area (Å²) in [7, 11) is 0.554. The van der Waals surface area contributed by atoms with Crippen molar-refractivity contribution in [3.05, 3.63) is 108 Å². The van der Waals surface area contributed by atoms with Gasteiger partial charge in [0.15, 0.2) is 0 Å². The summed E-state index contributed by atoms with van der Waals surface area (Å²) in [5, 5.41) is 3.38. The number of rotatable bonds is 4. The summed E-state index contributed by atoms with van der Waals surface area (Å²) in [6.07, 6.45) is 11.6. The first-order chi connectivity index (χ1) is 12.3. The number of carbonyl (C=O) groups is 1. The zero-order valence-corrected chi connectivity index (χ0v) is 14.9. The molecule has 0 heterocycles. The lowest BCUT2D eigenvalue weighted by Crippen LogP contribution is -2.15. The number of methoxy groups -OCH3 is 1. The molecule has 0 saturated carbocycles. The molecule has 0 radical (unpaired) electrons. The van der Waals surface area contributed by atoms with Crippen LogP contribution in [-0.4, -0.2) is 13.1 Å². The second-order valence-electron chi connectivity index (χ2n) is 5.40. The zero-order chi connectivity index (χ0) is 17.5. The first-order valence-corrected chi connectivity index (χ1v) is 9.39. The molecule has 0 atom stereocenters. The average molecular weight is 346 g/mol. The van der Waals surface area contributed by atoms with Gasteiger partial charge in [-0.25, -0.2) is 4.79 Å². The fourth-order valence-corrected chi connectivity index (χ4v) is 5.10. The van der Waals surface area contributed by atoms with Gasteiger partial charge < -0.3 is 4.74 Å². The Bertz CT molecular complexity index is 807. The molecule has 25 heavy (non-hydrogen) atoms. The van der Waals surface area contributed by atoms with Crippen LogP contribution in [0.15, 0.2) is 108 Å². The standard InChI is InChI=1S/C22H19O2P/c1-24-22(23)20-16-10-2-3-11-17-21(20)25(18-12-6-4-7-13-18)19-14-8-5-9-15-19/h2-17H,1H3/b3-2-,10-2?,11-3?,16-10?,17-11+,20-16?,21-17?,21-20?. The van der Waals surface area contributed by atoms with Crippen molar-refractivity contribution in [1.29, 1.82) is 0 Å². The molecule has 3 heteroatoms. The van der Waals surface area contributed by atoms with E-state index in [1.807, 2.05) is 72.9 Å². The van der Waals surface area contributed by atoms with Gasteiger partial charge >= 0.3 is 5.97 Å². The third kappa shape index (κ3) is 4.04. The molecule has 0 unspecified atom stereocenters. The summed E-state index contributed by atoms with van der Waals surface area (Å²) < 4.78 is 5.04. The first-order valence-electron chi connectivity index (χ1n) is 8.05. The third-order valence-corrected chi connectivity index (χ3v) is 6.30. The lowest BCUT2D eigenvalue weighted by molar-refractivity contribution is -0.135. The monoisotopic (exact) mass is 346 g/mol. The molecule has 2 nitrogen and oxygen atoms in total. The Kier molecular flexibility index (Phi) is 5.77. The Labute approximate surface area is 149 Å². The number of esters is 1. The van der Waals surface area contributed by atoms with E-state index in [1.165, 1.54) is 17.7 Å². The summed E-state index contributed by atoms with van der Waals surface area (Å²) >= 11 is 0. The molecule has 1 aliphatic carbocycles. The van der Waals surface area contributed by atoms with Crippen LogP contribution in [0, 0.1) is 0 Å². The van der Waals surface area contributed by atoms with Gasteiger partial charge in [0.2, 0.25) is 0 Å². The summed E-state index contributed by atoms with van der Waals surface area (Å²) in [4.78, 5) is 12.4. The van der Waals surface area contributed by atoms with Gasteiger partial charge in [-0.05, 0) is 29.9 Å². The Morgan fingerprint density at radius 2 is 1.28 bits per heavy atom. The number of allylic oxidation sites excluding steroid dienone is 6. The maximum absolute atomic E-state index is 12.4. The molecular formula is C22H19O2P. The van der Waals surface area contributed by atoms with Gasteiger partial charge in [0, 0.05) is 0 Å². The molecule has 1 aliphatic rings. The van der Waals surface area contributed by atoms with Crippen LogP contribution in [0.2, 0.25) is 0 Å². The number of hydrogen-bond acceptors (Lipinski definition) is 2. The van der Waals surface area contributed by atoms with E-state index in [2.05, 4.69) is 24.3 Å². The van der Waals surface area contributed by atoms with Crippen LogP contribution in [0.3, 0.4) is 0 Å². The van der Waals surface area contributed by atoms with Gasteiger partial charge in [0.25, 0.3) is 0 Å². The van der Waals surface area contributed by atoms with Gasteiger partial charge in [-0.15, -0.1) is 0 Å². The molecule has 0 saturated heterocycles. The first kappa shape index (κ1) is 17.1. The molecule has 124 valence electrons. The van der Waals surface area contributed by atoms with Gasteiger partial charge in [0.05, 0.1) is 12.7 Å². The van der Waals surface area contributed by atoms with Crippen molar-refractivity contribution in [2.24, 2.45) is 0 Å². The molecule has 2 aromatic carbocycles. The number of ether oxygens (including phenoxy) is 1. The van der Waals surface area contributed by atoms with E-state index in [0.29, 0.717) is 5.57 Å². The number of hydrogen-bond donors (Lipinski definition) is 0. The minimum atomic E-state index is -0.869. The predicted molar refractivity (Wildman–Crippen MR) is 106 cm³/mol. The van der Waals surface area contributed by atoms with Crippen LogP contribution in [0.5, 0.6) is 0 Å². The average Bonchev–Trinajstić information content (AvgIpc) is 2.65. The summed E-state index contributed by atoms with van der Waals surface area (Å²) in [6.45, 7) is 0. The smallest absolute Gasteiger partial charge is 0.338 e. The van der Waals surface area contributed by atoms with Crippen molar-refractivity contribution in [1.82, 2.24) is 0 Å². The van der Waals surface area contributed by atoms with Crippen LogP contribution in [0.1, 0.15) is 0 Å². The highest BCUT2D eigenvalue weighted by molar-refractivity contribution is 7.77. The fraction of sp³-hybridized carbons (Fsp3) is 0.0455. The van der Waals surface area contributed by atoms with Crippen molar-refractivity contribution < 1.29 is 9.53 Å². The number of benzene rings is 2. The molecular weight excluding hydrogens is 327 g/mol. The lowest BCUT2D eigenvalue weighted by Gasteiger charge is -2.22. The summed E-state index contributed by atoms with van der Waals surface area (Å²) in [6, 6.07) is 20.6. The Morgan fingerprint density at radius 3 is 1.80 bits per heavy atom. The topological polar surface area (TPSA) is 26.3 Å². The maximum Gasteiger partial charge on any atom is 0.338 e. The minimum Gasteiger partial charge on any atom is -0.465 e. The van der Waals surface area contributed by atoms with E-state index in [-0.39, 0.29) is 5.97 Å². The van der Waals surface area contributed by atoms with Crippen LogP contribution >= 0.6 is 7.92 Å². The van der Waals surface area contributed by atoms with Crippen molar-refractivity contribution in [3.63, 3.8) is 0 Å². The van der Waals surface area contributed by atoms with Crippen LogP contribution in [-0.2, 0) is 9.53 Å². The van der Waals surface area contributed by atoms with Gasteiger partial charge in [-0.3, -0.25) is 0 Å². The van der Waals surface area contributed by atoms with E-state index in [1.54, 1.807) is 0 Å². The van der Waals surface area contributed by atoms with Crippen molar-refractivity contribution >= 4 is 24.5 Å². The summed E-state index contributed by atoms with van der Waals surface area (Å²) in [5.41, 5.74) is 0.599. The molecule has 3 rings (SSSR count). The predicted octanol–water partition coefficient (Wildman–Crippen LogP) is 4.23. The van der Waals surface area contributed by atoms with Crippen molar-refractivity contribution in [2.45, 2.75) is 0 Å².